The zero-order valence-corrected chi connectivity index (χ0v) is 17.3. The van der Waals surface area contributed by atoms with Crippen LogP contribution in [0, 0.1) is 0 Å². The molecule has 152 valence electrons. The van der Waals surface area contributed by atoms with Crippen LogP contribution in [-0.4, -0.2) is 16.7 Å². The highest BCUT2D eigenvalue weighted by Crippen LogP contribution is 2.30. The number of ether oxygens (including phenoxy) is 1. The highest BCUT2D eigenvalue weighted by Gasteiger charge is 2.09. The van der Waals surface area contributed by atoms with Crippen LogP contribution >= 0.6 is 11.6 Å². The fourth-order valence-electron chi connectivity index (χ4n) is 3.34. The summed E-state index contributed by atoms with van der Waals surface area (Å²) < 4.78 is 5.85. The van der Waals surface area contributed by atoms with Crippen molar-refractivity contribution in [1.82, 2.24) is 10.2 Å². The average molecular weight is 420 g/mol. The van der Waals surface area contributed by atoms with Crippen LogP contribution in [0.5, 0.6) is 11.5 Å². The molecule has 6 heteroatoms. The SMILES string of the molecule is CC(CCNc1n[nH]c(=O)c2ccccc12)c1ccc(Oc2ccccc2Cl)cc1. The minimum atomic E-state index is -0.177. The second-order valence-electron chi connectivity index (χ2n) is 7.16. The third-order valence-corrected chi connectivity index (χ3v) is 5.39. The number of anilines is 1. The van der Waals surface area contributed by atoms with Gasteiger partial charge in [0.2, 0.25) is 0 Å². The lowest BCUT2D eigenvalue weighted by Crippen LogP contribution is -2.13. The van der Waals surface area contributed by atoms with Crippen molar-refractivity contribution >= 4 is 28.2 Å². The number of hydrogen-bond donors (Lipinski definition) is 2. The van der Waals surface area contributed by atoms with Gasteiger partial charge in [0, 0.05) is 11.9 Å². The Kier molecular flexibility index (Phi) is 6.00. The summed E-state index contributed by atoms with van der Waals surface area (Å²) in [5, 5.41) is 12.1. The Morgan fingerprint density at radius 3 is 2.47 bits per heavy atom. The summed E-state index contributed by atoms with van der Waals surface area (Å²) in [5.41, 5.74) is 1.05. The first-order valence-corrected chi connectivity index (χ1v) is 10.2. The molecule has 30 heavy (non-hydrogen) atoms. The van der Waals surface area contributed by atoms with E-state index in [-0.39, 0.29) is 5.56 Å². The van der Waals surface area contributed by atoms with Gasteiger partial charge in [-0.15, -0.1) is 0 Å². The van der Waals surface area contributed by atoms with Crippen molar-refractivity contribution in [2.24, 2.45) is 0 Å². The van der Waals surface area contributed by atoms with Crippen molar-refractivity contribution in [3.8, 4) is 11.5 Å². The van der Waals surface area contributed by atoms with Gasteiger partial charge in [-0.1, -0.05) is 61.0 Å². The van der Waals surface area contributed by atoms with Gasteiger partial charge in [0.05, 0.1) is 10.4 Å². The molecule has 0 saturated heterocycles. The molecule has 0 aliphatic rings. The van der Waals surface area contributed by atoms with E-state index in [0.29, 0.717) is 27.9 Å². The Labute approximate surface area is 179 Å². The van der Waals surface area contributed by atoms with E-state index in [4.69, 9.17) is 16.3 Å². The molecule has 1 atom stereocenters. The minimum Gasteiger partial charge on any atom is -0.456 e. The molecule has 1 unspecified atom stereocenters. The van der Waals surface area contributed by atoms with Crippen LogP contribution in [0.1, 0.15) is 24.8 Å². The summed E-state index contributed by atoms with van der Waals surface area (Å²) >= 11 is 6.15. The van der Waals surface area contributed by atoms with E-state index < -0.39 is 0 Å². The van der Waals surface area contributed by atoms with Crippen LogP contribution in [0.2, 0.25) is 5.02 Å². The molecule has 0 bridgehead atoms. The monoisotopic (exact) mass is 419 g/mol. The second-order valence-corrected chi connectivity index (χ2v) is 7.57. The first kappa shape index (κ1) is 20.0. The van der Waals surface area contributed by atoms with E-state index in [9.17, 15) is 4.79 Å². The predicted molar refractivity (Wildman–Crippen MR) is 122 cm³/mol. The maximum atomic E-state index is 11.9. The van der Waals surface area contributed by atoms with E-state index in [1.807, 2.05) is 48.5 Å². The molecule has 1 aromatic heterocycles. The van der Waals surface area contributed by atoms with E-state index in [0.717, 1.165) is 24.1 Å². The lowest BCUT2D eigenvalue weighted by Gasteiger charge is -2.14. The Morgan fingerprint density at radius 1 is 1.00 bits per heavy atom. The van der Waals surface area contributed by atoms with Crippen molar-refractivity contribution in [3.63, 3.8) is 0 Å². The molecule has 4 aromatic rings. The smallest absolute Gasteiger partial charge is 0.272 e. The number of para-hydroxylation sites is 1. The van der Waals surface area contributed by atoms with Crippen LogP contribution < -0.4 is 15.6 Å². The zero-order chi connectivity index (χ0) is 20.9. The highest BCUT2D eigenvalue weighted by atomic mass is 35.5. The van der Waals surface area contributed by atoms with E-state index in [2.05, 4.69) is 34.6 Å². The summed E-state index contributed by atoms with van der Waals surface area (Å²) in [4.78, 5) is 11.9. The quantitative estimate of drug-likeness (QED) is 0.387. The lowest BCUT2D eigenvalue weighted by atomic mass is 9.98. The fourth-order valence-corrected chi connectivity index (χ4v) is 3.52. The van der Waals surface area contributed by atoms with E-state index >= 15 is 0 Å². The molecule has 0 spiro atoms. The number of fused-ring (bicyclic) bond motifs is 1. The Morgan fingerprint density at radius 2 is 1.70 bits per heavy atom. The molecule has 5 nitrogen and oxygen atoms in total. The number of benzene rings is 3. The zero-order valence-electron chi connectivity index (χ0n) is 16.6. The highest BCUT2D eigenvalue weighted by molar-refractivity contribution is 6.32. The molecule has 2 N–H and O–H groups in total. The number of halogens is 1. The van der Waals surface area contributed by atoms with Gasteiger partial charge in [0.1, 0.15) is 11.5 Å². The number of aromatic nitrogens is 2. The van der Waals surface area contributed by atoms with Crippen molar-refractivity contribution in [1.29, 1.82) is 0 Å². The van der Waals surface area contributed by atoms with Gasteiger partial charge in [-0.05, 0) is 48.2 Å². The maximum Gasteiger partial charge on any atom is 0.272 e. The first-order chi connectivity index (χ1) is 14.6. The standard InChI is InChI=1S/C24H22ClN3O2/c1-16(14-15-26-23-19-6-2-3-7-20(19)24(29)28-27-23)17-10-12-18(13-11-17)30-22-9-5-4-8-21(22)25/h2-13,16H,14-15H2,1H3,(H,26,27)(H,28,29). The minimum absolute atomic E-state index is 0.177. The fraction of sp³-hybridized carbons (Fsp3) is 0.167. The van der Waals surface area contributed by atoms with E-state index in [1.165, 1.54) is 5.56 Å². The second kappa shape index (κ2) is 9.01. The summed E-state index contributed by atoms with van der Waals surface area (Å²) in [6, 6.07) is 22.9. The summed E-state index contributed by atoms with van der Waals surface area (Å²) in [6.07, 6.45) is 0.917. The van der Waals surface area contributed by atoms with Crippen LogP contribution in [0.25, 0.3) is 10.8 Å². The molecular weight excluding hydrogens is 398 g/mol. The van der Waals surface area contributed by atoms with Gasteiger partial charge in [-0.3, -0.25) is 4.79 Å². The molecule has 0 aliphatic heterocycles. The molecule has 0 saturated carbocycles. The number of aromatic amines is 1. The van der Waals surface area contributed by atoms with Crippen molar-refractivity contribution in [2.45, 2.75) is 19.3 Å². The molecule has 1 heterocycles. The summed E-state index contributed by atoms with van der Waals surface area (Å²) in [5.74, 6) is 2.44. The van der Waals surface area contributed by atoms with Gasteiger partial charge in [0.15, 0.2) is 5.82 Å². The van der Waals surface area contributed by atoms with Gasteiger partial charge >= 0.3 is 0 Å². The van der Waals surface area contributed by atoms with Gasteiger partial charge in [0.25, 0.3) is 5.56 Å². The number of nitrogens with one attached hydrogen (secondary N) is 2. The largest absolute Gasteiger partial charge is 0.456 e. The van der Waals surface area contributed by atoms with Crippen molar-refractivity contribution in [3.05, 3.63) is 93.7 Å². The molecule has 0 fully saturated rings. The van der Waals surface area contributed by atoms with Crippen molar-refractivity contribution < 1.29 is 4.74 Å². The van der Waals surface area contributed by atoms with Crippen LogP contribution in [-0.2, 0) is 0 Å². The molecule has 4 rings (SSSR count). The number of nitrogens with zero attached hydrogens (tertiary/aromatic N) is 1. The maximum absolute atomic E-state index is 11.9. The normalized spacial score (nSPS) is 11.9. The number of hydrogen-bond acceptors (Lipinski definition) is 4. The number of rotatable bonds is 7. The molecule has 3 aromatic carbocycles. The summed E-state index contributed by atoms with van der Waals surface area (Å²) in [7, 11) is 0. The van der Waals surface area contributed by atoms with Gasteiger partial charge in [-0.25, -0.2) is 5.10 Å². The van der Waals surface area contributed by atoms with Crippen LogP contribution in [0.4, 0.5) is 5.82 Å². The Balaban J connectivity index is 1.37. The summed E-state index contributed by atoms with van der Waals surface area (Å²) in [6.45, 7) is 2.92. The van der Waals surface area contributed by atoms with Crippen LogP contribution in [0.3, 0.4) is 0 Å². The third-order valence-electron chi connectivity index (χ3n) is 5.08. The van der Waals surface area contributed by atoms with Gasteiger partial charge < -0.3 is 10.1 Å². The van der Waals surface area contributed by atoms with Gasteiger partial charge in [-0.2, -0.15) is 5.10 Å². The first-order valence-electron chi connectivity index (χ1n) is 9.85. The molecule has 0 amide bonds. The Hall–Kier alpha value is -3.31. The number of H-pyrrole nitrogens is 1. The topological polar surface area (TPSA) is 67.0 Å². The Bertz CT molecular complexity index is 1200. The lowest BCUT2D eigenvalue weighted by molar-refractivity contribution is 0.482. The van der Waals surface area contributed by atoms with Crippen molar-refractivity contribution in [2.75, 3.05) is 11.9 Å². The average Bonchev–Trinajstić information content (AvgIpc) is 2.77. The van der Waals surface area contributed by atoms with E-state index in [1.54, 1.807) is 12.1 Å². The molecular formula is C24H22ClN3O2. The molecule has 0 aliphatic carbocycles. The predicted octanol–water partition coefficient (Wildman–Crippen LogP) is 5.97. The van der Waals surface area contributed by atoms with Crippen LogP contribution in [0.15, 0.2) is 77.6 Å². The molecule has 0 radical (unpaired) electrons. The third kappa shape index (κ3) is 4.47.